The van der Waals surface area contributed by atoms with Gasteiger partial charge in [0.15, 0.2) is 9.84 Å². The molecule has 0 aliphatic heterocycles. The van der Waals surface area contributed by atoms with Crippen LogP contribution in [0.3, 0.4) is 0 Å². The molecule has 7 nitrogen and oxygen atoms in total. The number of nitrogens with zero attached hydrogens (tertiary/aromatic N) is 1. The number of hydrogen-bond donors (Lipinski definition) is 0. The maximum absolute atomic E-state index is 12.0. The van der Waals surface area contributed by atoms with Crippen LogP contribution >= 0.6 is 11.6 Å². The minimum absolute atomic E-state index is 0.0684. The molecule has 0 atom stereocenters. The molecule has 0 spiro atoms. The lowest BCUT2D eigenvalue weighted by atomic mass is 10.2. The van der Waals surface area contributed by atoms with Gasteiger partial charge in [0.25, 0.3) is 5.69 Å². The van der Waals surface area contributed by atoms with Gasteiger partial charge in [-0.15, -0.1) is 0 Å². The summed E-state index contributed by atoms with van der Waals surface area (Å²) in [7, 11) is -3.79. The van der Waals surface area contributed by atoms with Crippen molar-refractivity contribution in [2.24, 2.45) is 0 Å². The van der Waals surface area contributed by atoms with Crippen molar-refractivity contribution in [2.45, 2.75) is 11.5 Å². The standard InChI is InChI=1S/C15H12ClNO6S/c1-24(21,22)14-6-5-11(8-13(14)17(19)20)15(18)23-9-10-3-2-4-12(16)7-10/h2-8H,9H2,1H3. The molecule has 0 amide bonds. The number of hydrogen-bond acceptors (Lipinski definition) is 6. The molecule has 2 aromatic carbocycles. The molecule has 2 aromatic rings. The van der Waals surface area contributed by atoms with Gasteiger partial charge in [-0.05, 0) is 29.8 Å². The van der Waals surface area contributed by atoms with Crippen molar-refractivity contribution in [1.82, 2.24) is 0 Å². The Hall–Kier alpha value is -2.45. The fraction of sp³-hybridized carbons (Fsp3) is 0.133. The summed E-state index contributed by atoms with van der Waals surface area (Å²) in [6.45, 7) is -0.0684. The van der Waals surface area contributed by atoms with E-state index >= 15 is 0 Å². The zero-order chi connectivity index (χ0) is 17.9. The molecular formula is C15H12ClNO6S. The van der Waals surface area contributed by atoms with E-state index in [4.69, 9.17) is 16.3 Å². The maximum atomic E-state index is 12.0. The average Bonchev–Trinajstić information content (AvgIpc) is 2.51. The molecule has 24 heavy (non-hydrogen) atoms. The van der Waals surface area contributed by atoms with Gasteiger partial charge in [-0.3, -0.25) is 10.1 Å². The normalized spacial score (nSPS) is 11.1. The number of ether oxygens (including phenoxy) is 1. The number of esters is 1. The van der Waals surface area contributed by atoms with Gasteiger partial charge in [-0.2, -0.15) is 0 Å². The second-order valence-corrected chi connectivity index (χ2v) is 7.34. The largest absolute Gasteiger partial charge is 0.457 e. The summed E-state index contributed by atoms with van der Waals surface area (Å²) < 4.78 is 28.2. The summed E-state index contributed by atoms with van der Waals surface area (Å²) in [6, 6.07) is 9.75. The highest BCUT2D eigenvalue weighted by Crippen LogP contribution is 2.25. The number of halogens is 1. The molecule has 126 valence electrons. The van der Waals surface area contributed by atoms with Crippen molar-refractivity contribution in [3.05, 3.63) is 68.7 Å². The molecule has 0 unspecified atom stereocenters. The molecule has 0 heterocycles. The molecule has 0 bridgehead atoms. The quantitative estimate of drug-likeness (QED) is 0.456. The van der Waals surface area contributed by atoms with Crippen molar-refractivity contribution in [3.63, 3.8) is 0 Å². The van der Waals surface area contributed by atoms with E-state index in [9.17, 15) is 23.3 Å². The van der Waals surface area contributed by atoms with E-state index in [1.807, 2.05) is 0 Å². The number of rotatable bonds is 5. The second-order valence-electron chi connectivity index (χ2n) is 4.92. The van der Waals surface area contributed by atoms with Crippen LogP contribution in [0.1, 0.15) is 15.9 Å². The topological polar surface area (TPSA) is 104 Å². The first-order chi connectivity index (χ1) is 11.2. The number of nitro benzene ring substituents is 1. The maximum Gasteiger partial charge on any atom is 0.338 e. The van der Waals surface area contributed by atoms with Gasteiger partial charge in [0, 0.05) is 17.3 Å². The molecule has 0 N–H and O–H groups in total. The Morgan fingerprint density at radius 1 is 1.25 bits per heavy atom. The minimum atomic E-state index is -3.79. The summed E-state index contributed by atoms with van der Waals surface area (Å²) in [5.41, 5.74) is -0.135. The Balaban J connectivity index is 2.24. The first kappa shape index (κ1) is 17.9. The number of carbonyl (C=O) groups is 1. The van der Waals surface area contributed by atoms with Crippen LogP contribution in [0.2, 0.25) is 5.02 Å². The number of benzene rings is 2. The fourth-order valence-corrected chi connectivity index (χ4v) is 3.00. The van der Waals surface area contributed by atoms with Gasteiger partial charge in [0.1, 0.15) is 11.5 Å². The summed E-state index contributed by atoms with van der Waals surface area (Å²) in [6.07, 6.45) is 0.854. The van der Waals surface area contributed by atoms with Crippen LogP contribution in [-0.2, 0) is 21.2 Å². The van der Waals surface area contributed by atoms with Crippen molar-refractivity contribution in [2.75, 3.05) is 6.26 Å². The summed E-state index contributed by atoms with van der Waals surface area (Å²) in [4.78, 5) is 21.7. The molecule has 0 radical (unpaired) electrons. The van der Waals surface area contributed by atoms with Gasteiger partial charge < -0.3 is 4.74 Å². The van der Waals surface area contributed by atoms with Crippen molar-refractivity contribution in [3.8, 4) is 0 Å². The molecular weight excluding hydrogens is 358 g/mol. The lowest BCUT2D eigenvalue weighted by Gasteiger charge is -2.07. The Labute approximate surface area is 142 Å². The monoisotopic (exact) mass is 369 g/mol. The van der Waals surface area contributed by atoms with Gasteiger partial charge in [-0.25, -0.2) is 13.2 Å². The predicted molar refractivity (Wildman–Crippen MR) is 86.8 cm³/mol. The second kappa shape index (κ2) is 6.98. The zero-order valence-electron chi connectivity index (χ0n) is 12.4. The molecule has 0 aliphatic carbocycles. The third-order valence-corrected chi connectivity index (χ3v) is 4.43. The highest BCUT2D eigenvalue weighted by Gasteiger charge is 2.24. The van der Waals surface area contributed by atoms with Gasteiger partial charge in [0.05, 0.1) is 10.5 Å². The average molecular weight is 370 g/mol. The van der Waals surface area contributed by atoms with Crippen LogP contribution in [0.5, 0.6) is 0 Å². The SMILES string of the molecule is CS(=O)(=O)c1ccc(C(=O)OCc2cccc(Cl)c2)cc1[N+](=O)[O-]. The van der Waals surface area contributed by atoms with E-state index < -0.39 is 31.3 Å². The molecule has 0 aliphatic rings. The smallest absolute Gasteiger partial charge is 0.338 e. The van der Waals surface area contributed by atoms with Crippen molar-refractivity contribution in [1.29, 1.82) is 0 Å². The van der Waals surface area contributed by atoms with Crippen LogP contribution in [-0.4, -0.2) is 25.6 Å². The number of nitro groups is 1. The minimum Gasteiger partial charge on any atom is -0.457 e. The lowest BCUT2D eigenvalue weighted by molar-refractivity contribution is -0.387. The van der Waals surface area contributed by atoms with Crippen LogP contribution in [0.15, 0.2) is 47.4 Å². The van der Waals surface area contributed by atoms with Crippen molar-refractivity contribution >= 4 is 33.1 Å². The Bertz CT molecular complexity index is 910. The third kappa shape index (κ3) is 4.30. The van der Waals surface area contributed by atoms with Crippen LogP contribution in [0.25, 0.3) is 0 Å². The Morgan fingerprint density at radius 3 is 2.54 bits per heavy atom. The molecule has 2 rings (SSSR count). The highest BCUT2D eigenvalue weighted by molar-refractivity contribution is 7.90. The van der Waals surface area contributed by atoms with E-state index in [0.717, 1.165) is 18.4 Å². The molecule has 9 heteroatoms. The molecule has 0 aromatic heterocycles. The number of sulfone groups is 1. The van der Waals surface area contributed by atoms with Crippen LogP contribution in [0, 0.1) is 10.1 Å². The van der Waals surface area contributed by atoms with Gasteiger partial charge in [-0.1, -0.05) is 23.7 Å². The first-order valence-corrected chi connectivity index (χ1v) is 8.85. The molecule has 0 saturated heterocycles. The lowest BCUT2D eigenvalue weighted by Crippen LogP contribution is -2.08. The van der Waals surface area contributed by atoms with Crippen LogP contribution < -0.4 is 0 Å². The predicted octanol–water partition coefficient (Wildman–Crippen LogP) is 3.01. The van der Waals surface area contributed by atoms with E-state index in [2.05, 4.69) is 0 Å². The Kier molecular flexibility index (Phi) is 5.20. The number of carbonyl (C=O) groups excluding carboxylic acids is 1. The van der Waals surface area contributed by atoms with E-state index in [-0.39, 0.29) is 12.2 Å². The van der Waals surface area contributed by atoms with Crippen molar-refractivity contribution < 1.29 is 22.9 Å². The van der Waals surface area contributed by atoms with E-state index in [0.29, 0.717) is 10.6 Å². The molecule has 0 fully saturated rings. The van der Waals surface area contributed by atoms with Crippen LogP contribution in [0.4, 0.5) is 5.69 Å². The Morgan fingerprint density at radius 2 is 1.96 bits per heavy atom. The summed E-state index contributed by atoms with van der Waals surface area (Å²) in [5, 5.41) is 11.5. The van der Waals surface area contributed by atoms with E-state index in [1.54, 1.807) is 24.3 Å². The van der Waals surface area contributed by atoms with Gasteiger partial charge in [0.2, 0.25) is 0 Å². The molecule has 0 saturated carbocycles. The third-order valence-electron chi connectivity index (χ3n) is 3.05. The highest BCUT2D eigenvalue weighted by atomic mass is 35.5. The zero-order valence-corrected chi connectivity index (χ0v) is 14.0. The van der Waals surface area contributed by atoms with E-state index in [1.165, 1.54) is 6.07 Å². The summed E-state index contributed by atoms with van der Waals surface area (Å²) in [5.74, 6) is -0.807. The van der Waals surface area contributed by atoms with Gasteiger partial charge >= 0.3 is 5.97 Å². The first-order valence-electron chi connectivity index (χ1n) is 6.58. The fourth-order valence-electron chi connectivity index (χ4n) is 1.96. The summed E-state index contributed by atoms with van der Waals surface area (Å²) >= 11 is 5.82.